The summed E-state index contributed by atoms with van der Waals surface area (Å²) in [4.78, 5) is 17.2. The molecule has 1 aromatic heterocycles. The molecule has 0 aliphatic carbocycles. The molecule has 0 saturated heterocycles. The highest BCUT2D eigenvalue weighted by atomic mass is 79.9. The van der Waals surface area contributed by atoms with Gasteiger partial charge >= 0.3 is 0 Å². The van der Waals surface area contributed by atoms with Gasteiger partial charge in [0.15, 0.2) is 5.11 Å². The number of nitrogens with one attached hydrogen (secondary N) is 2. The SMILES string of the molecule is O=C(NC(=S)Nc1c(Br)cc(Br)cc1-c1nc2ccccc2s1)c1cccc(Cl)c1. The van der Waals surface area contributed by atoms with E-state index >= 15 is 0 Å². The Bertz CT molecular complexity index is 1260. The minimum atomic E-state index is -0.343. The summed E-state index contributed by atoms with van der Waals surface area (Å²) in [6.45, 7) is 0. The molecule has 150 valence electrons. The van der Waals surface area contributed by atoms with Gasteiger partial charge < -0.3 is 5.32 Å². The smallest absolute Gasteiger partial charge is 0.257 e. The van der Waals surface area contributed by atoms with Crippen LogP contribution in [0.1, 0.15) is 10.4 Å². The van der Waals surface area contributed by atoms with Crippen LogP contribution in [0.3, 0.4) is 0 Å². The van der Waals surface area contributed by atoms with E-state index in [0.29, 0.717) is 16.3 Å². The molecular weight excluding hydrogens is 570 g/mol. The highest BCUT2D eigenvalue weighted by Gasteiger charge is 2.17. The standard InChI is InChI=1S/C21H12Br2ClN3OS2/c22-12-9-14(20-25-16-6-1-2-7-17(16)30-20)18(15(23)10-12)26-21(29)27-19(28)11-4-3-5-13(24)8-11/h1-10H,(H2,26,27,28,29). The second-order valence-corrected chi connectivity index (χ2v) is 9.86. The first-order valence-corrected chi connectivity index (χ1v) is 11.8. The number of thiocarbonyl (C=S) groups is 1. The van der Waals surface area contributed by atoms with Gasteiger partial charge in [-0.15, -0.1) is 11.3 Å². The highest BCUT2D eigenvalue weighted by Crippen LogP contribution is 2.40. The summed E-state index contributed by atoms with van der Waals surface area (Å²) in [7, 11) is 0. The number of carbonyl (C=O) groups excluding carboxylic acids is 1. The maximum Gasteiger partial charge on any atom is 0.257 e. The topological polar surface area (TPSA) is 54.0 Å². The molecule has 0 spiro atoms. The first-order valence-electron chi connectivity index (χ1n) is 8.63. The van der Waals surface area contributed by atoms with Crippen molar-refractivity contribution in [3.8, 4) is 10.6 Å². The molecule has 4 aromatic rings. The molecular formula is C21H12Br2ClN3OS2. The second kappa shape index (κ2) is 9.11. The molecule has 9 heteroatoms. The Morgan fingerprint density at radius 2 is 1.87 bits per heavy atom. The summed E-state index contributed by atoms with van der Waals surface area (Å²) in [6.07, 6.45) is 0. The largest absolute Gasteiger partial charge is 0.331 e. The lowest BCUT2D eigenvalue weighted by atomic mass is 10.2. The van der Waals surface area contributed by atoms with Gasteiger partial charge in [0, 0.05) is 25.1 Å². The van der Waals surface area contributed by atoms with Crippen LogP contribution in [0.5, 0.6) is 0 Å². The lowest BCUT2D eigenvalue weighted by Gasteiger charge is -2.15. The number of halogens is 3. The number of rotatable bonds is 3. The van der Waals surface area contributed by atoms with Crippen molar-refractivity contribution in [2.24, 2.45) is 0 Å². The zero-order valence-corrected chi connectivity index (χ0v) is 20.6. The molecule has 2 N–H and O–H groups in total. The number of nitrogens with zero attached hydrogens (tertiary/aromatic N) is 1. The molecule has 0 unspecified atom stereocenters. The van der Waals surface area contributed by atoms with E-state index in [2.05, 4.69) is 42.5 Å². The summed E-state index contributed by atoms with van der Waals surface area (Å²) in [5.41, 5.74) is 2.93. The van der Waals surface area contributed by atoms with Crippen molar-refractivity contribution < 1.29 is 4.79 Å². The number of hydrogen-bond acceptors (Lipinski definition) is 4. The van der Waals surface area contributed by atoms with Crippen molar-refractivity contribution in [3.05, 3.63) is 80.2 Å². The van der Waals surface area contributed by atoms with Crippen LogP contribution in [0.15, 0.2) is 69.6 Å². The predicted octanol–water partition coefficient (Wildman–Crippen LogP) is 7.27. The minimum absolute atomic E-state index is 0.172. The number of aromatic nitrogens is 1. The van der Waals surface area contributed by atoms with Crippen LogP contribution in [-0.2, 0) is 0 Å². The van der Waals surface area contributed by atoms with Crippen molar-refractivity contribution in [1.29, 1.82) is 0 Å². The Hall–Kier alpha value is -1.84. The van der Waals surface area contributed by atoms with Crippen molar-refractivity contribution in [2.45, 2.75) is 0 Å². The number of amides is 1. The fraction of sp³-hybridized carbons (Fsp3) is 0. The molecule has 1 amide bonds. The number of carbonyl (C=O) groups is 1. The van der Waals surface area contributed by atoms with Crippen molar-refractivity contribution in [2.75, 3.05) is 5.32 Å². The Kier molecular flexibility index (Phi) is 6.50. The molecule has 0 saturated carbocycles. The second-order valence-electron chi connectivity index (χ2n) is 6.22. The zero-order valence-electron chi connectivity index (χ0n) is 15.1. The normalized spacial score (nSPS) is 10.8. The van der Waals surface area contributed by atoms with E-state index in [-0.39, 0.29) is 11.0 Å². The first kappa shape index (κ1) is 21.4. The summed E-state index contributed by atoms with van der Waals surface area (Å²) in [5, 5.41) is 7.31. The molecule has 0 radical (unpaired) electrons. The van der Waals surface area contributed by atoms with Gasteiger partial charge in [0.2, 0.25) is 0 Å². The summed E-state index contributed by atoms with van der Waals surface area (Å²) >= 11 is 20.1. The lowest BCUT2D eigenvalue weighted by Crippen LogP contribution is -2.34. The number of thiazole rings is 1. The first-order chi connectivity index (χ1) is 14.4. The van der Waals surface area contributed by atoms with Crippen molar-refractivity contribution >= 4 is 93.9 Å². The van der Waals surface area contributed by atoms with Gasteiger partial charge in [-0.25, -0.2) is 4.98 Å². The third-order valence-corrected chi connectivity index (χ3v) is 6.72. The molecule has 4 nitrogen and oxygen atoms in total. The van der Waals surface area contributed by atoms with E-state index in [1.54, 1.807) is 35.6 Å². The van der Waals surface area contributed by atoms with Crippen LogP contribution in [-0.4, -0.2) is 16.0 Å². The van der Waals surface area contributed by atoms with Gasteiger partial charge in [-0.3, -0.25) is 10.1 Å². The molecule has 3 aromatic carbocycles. The number of fused-ring (bicyclic) bond motifs is 1. The lowest BCUT2D eigenvalue weighted by molar-refractivity contribution is 0.0977. The molecule has 0 atom stereocenters. The van der Waals surface area contributed by atoms with Gasteiger partial charge in [-0.05, 0) is 70.6 Å². The van der Waals surface area contributed by atoms with E-state index in [0.717, 1.165) is 29.7 Å². The molecule has 1 heterocycles. The van der Waals surface area contributed by atoms with Crippen LogP contribution in [0.4, 0.5) is 5.69 Å². The predicted molar refractivity (Wildman–Crippen MR) is 136 cm³/mol. The minimum Gasteiger partial charge on any atom is -0.331 e. The van der Waals surface area contributed by atoms with Crippen LogP contribution in [0, 0.1) is 0 Å². The maximum absolute atomic E-state index is 12.5. The van der Waals surface area contributed by atoms with Crippen molar-refractivity contribution in [1.82, 2.24) is 10.3 Å². The van der Waals surface area contributed by atoms with E-state index in [1.165, 1.54) is 0 Å². The van der Waals surface area contributed by atoms with E-state index < -0.39 is 0 Å². The van der Waals surface area contributed by atoms with Crippen LogP contribution in [0.2, 0.25) is 5.02 Å². The van der Waals surface area contributed by atoms with Crippen molar-refractivity contribution in [3.63, 3.8) is 0 Å². The van der Waals surface area contributed by atoms with Gasteiger partial charge in [-0.2, -0.15) is 0 Å². The fourth-order valence-corrected chi connectivity index (χ4v) is 5.50. The third kappa shape index (κ3) is 4.73. The third-order valence-electron chi connectivity index (χ3n) is 4.13. The summed E-state index contributed by atoms with van der Waals surface area (Å²) < 4.78 is 2.76. The quantitative estimate of drug-likeness (QED) is 0.250. The average Bonchev–Trinajstić information content (AvgIpc) is 3.14. The van der Waals surface area contributed by atoms with E-state index in [9.17, 15) is 4.79 Å². The van der Waals surface area contributed by atoms with Crippen LogP contribution in [0.25, 0.3) is 20.8 Å². The number of para-hydroxylation sites is 1. The number of hydrogen-bond donors (Lipinski definition) is 2. The fourth-order valence-electron chi connectivity index (χ4n) is 2.81. The number of benzene rings is 3. The van der Waals surface area contributed by atoms with Gasteiger partial charge in [0.1, 0.15) is 5.01 Å². The maximum atomic E-state index is 12.5. The Balaban J connectivity index is 1.64. The molecule has 30 heavy (non-hydrogen) atoms. The van der Waals surface area contributed by atoms with Gasteiger partial charge in [0.05, 0.1) is 15.9 Å². The number of anilines is 1. The van der Waals surface area contributed by atoms with Gasteiger partial charge in [0.25, 0.3) is 5.91 Å². The zero-order chi connectivity index (χ0) is 21.3. The molecule has 0 fully saturated rings. The summed E-state index contributed by atoms with van der Waals surface area (Å²) in [5.74, 6) is -0.343. The summed E-state index contributed by atoms with van der Waals surface area (Å²) in [6, 6.07) is 18.5. The molecule has 0 aliphatic rings. The highest BCUT2D eigenvalue weighted by molar-refractivity contribution is 9.11. The van der Waals surface area contributed by atoms with Crippen LogP contribution < -0.4 is 10.6 Å². The Morgan fingerprint density at radius 3 is 2.63 bits per heavy atom. The molecule has 0 bridgehead atoms. The molecule has 4 rings (SSSR count). The van der Waals surface area contributed by atoms with E-state index in [1.807, 2.05) is 36.4 Å². The molecule has 0 aliphatic heterocycles. The van der Waals surface area contributed by atoms with Crippen LogP contribution >= 0.6 is 67.0 Å². The monoisotopic (exact) mass is 579 g/mol. The average molecular weight is 582 g/mol. The van der Waals surface area contributed by atoms with E-state index in [4.69, 9.17) is 28.8 Å². The van der Waals surface area contributed by atoms with Gasteiger partial charge in [-0.1, -0.05) is 45.7 Å². The Morgan fingerprint density at radius 1 is 1.07 bits per heavy atom. The Labute approximate surface area is 203 Å².